The SMILES string of the molecule is NC(=O)Cn1ccc(NCC(=O)NCc2ccc(Cl)cc2)n1. The van der Waals surface area contributed by atoms with Crippen molar-refractivity contribution in [3.63, 3.8) is 0 Å². The Hall–Kier alpha value is -2.54. The van der Waals surface area contributed by atoms with Crippen molar-refractivity contribution in [3.8, 4) is 0 Å². The van der Waals surface area contributed by atoms with Crippen LogP contribution in [0.25, 0.3) is 0 Å². The van der Waals surface area contributed by atoms with E-state index < -0.39 is 5.91 Å². The highest BCUT2D eigenvalue weighted by Crippen LogP contribution is 2.09. The zero-order chi connectivity index (χ0) is 15.9. The maximum Gasteiger partial charge on any atom is 0.239 e. The molecule has 7 nitrogen and oxygen atoms in total. The zero-order valence-corrected chi connectivity index (χ0v) is 12.5. The Bertz CT molecular complexity index is 654. The summed E-state index contributed by atoms with van der Waals surface area (Å²) < 4.78 is 1.40. The molecule has 1 heterocycles. The van der Waals surface area contributed by atoms with Crippen LogP contribution in [-0.4, -0.2) is 28.1 Å². The summed E-state index contributed by atoms with van der Waals surface area (Å²) in [6.45, 7) is 0.513. The van der Waals surface area contributed by atoms with Gasteiger partial charge in [0.1, 0.15) is 12.4 Å². The molecule has 1 aromatic carbocycles. The first-order valence-corrected chi connectivity index (χ1v) is 6.97. The van der Waals surface area contributed by atoms with E-state index in [2.05, 4.69) is 15.7 Å². The van der Waals surface area contributed by atoms with Crippen LogP contribution in [0.15, 0.2) is 36.5 Å². The van der Waals surface area contributed by atoms with Crippen molar-refractivity contribution in [1.29, 1.82) is 0 Å². The predicted octanol–water partition coefficient (Wildman–Crippen LogP) is 0.750. The largest absolute Gasteiger partial charge is 0.368 e. The third kappa shape index (κ3) is 5.10. The molecule has 8 heteroatoms. The number of nitrogens with two attached hydrogens (primary N) is 1. The highest BCUT2D eigenvalue weighted by Gasteiger charge is 2.04. The molecule has 0 radical (unpaired) electrons. The van der Waals surface area contributed by atoms with Gasteiger partial charge in [0.05, 0.1) is 6.54 Å². The summed E-state index contributed by atoms with van der Waals surface area (Å²) in [4.78, 5) is 22.5. The number of carbonyl (C=O) groups excluding carboxylic acids is 2. The summed E-state index contributed by atoms with van der Waals surface area (Å²) in [5.74, 6) is -0.141. The quantitative estimate of drug-likeness (QED) is 0.700. The van der Waals surface area contributed by atoms with Crippen LogP contribution in [0.4, 0.5) is 5.82 Å². The zero-order valence-electron chi connectivity index (χ0n) is 11.8. The normalized spacial score (nSPS) is 10.2. The molecule has 0 saturated carbocycles. The lowest BCUT2D eigenvalue weighted by Crippen LogP contribution is -2.29. The van der Waals surface area contributed by atoms with Crippen molar-refractivity contribution in [2.24, 2.45) is 5.73 Å². The Morgan fingerprint density at radius 1 is 1.23 bits per heavy atom. The van der Waals surface area contributed by atoms with Crippen LogP contribution < -0.4 is 16.4 Å². The van der Waals surface area contributed by atoms with Gasteiger partial charge in [-0.25, -0.2) is 0 Å². The van der Waals surface area contributed by atoms with Gasteiger partial charge in [-0.2, -0.15) is 5.10 Å². The first-order chi connectivity index (χ1) is 10.5. The van der Waals surface area contributed by atoms with Crippen LogP contribution in [0.2, 0.25) is 5.02 Å². The highest BCUT2D eigenvalue weighted by molar-refractivity contribution is 6.30. The van der Waals surface area contributed by atoms with Crippen LogP contribution in [0.5, 0.6) is 0 Å². The molecule has 1 aromatic heterocycles. The summed E-state index contributed by atoms with van der Waals surface area (Å²) >= 11 is 5.79. The smallest absolute Gasteiger partial charge is 0.239 e. The van der Waals surface area contributed by atoms with E-state index in [0.29, 0.717) is 17.4 Å². The summed E-state index contributed by atoms with van der Waals surface area (Å²) in [5, 5.41) is 10.4. The van der Waals surface area contributed by atoms with E-state index in [1.54, 1.807) is 24.4 Å². The molecule has 22 heavy (non-hydrogen) atoms. The van der Waals surface area contributed by atoms with Gasteiger partial charge in [0, 0.05) is 23.8 Å². The van der Waals surface area contributed by atoms with Gasteiger partial charge in [0.2, 0.25) is 11.8 Å². The van der Waals surface area contributed by atoms with Gasteiger partial charge in [-0.1, -0.05) is 23.7 Å². The standard InChI is InChI=1S/C14H16ClN5O2/c15-11-3-1-10(2-4-11)7-18-14(22)8-17-13-5-6-20(19-13)9-12(16)21/h1-6H,7-9H2,(H2,16,21)(H,17,19)(H,18,22). The van der Waals surface area contributed by atoms with Crippen LogP contribution in [-0.2, 0) is 22.7 Å². The molecule has 116 valence electrons. The summed E-state index contributed by atoms with van der Waals surface area (Å²) in [7, 11) is 0. The maximum atomic E-state index is 11.7. The summed E-state index contributed by atoms with van der Waals surface area (Å²) in [6, 6.07) is 8.90. The average Bonchev–Trinajstić information content (AvgIpc) is 2.91. The monoisotopic (exact) mass is 321 g/mol. The third-order valence-electron chi connectivity index (χ3n) is 2.79. The van der Waals surface area contributed by atoms with Gasteiger partial charge in [-0.05, 0) is 17.7 Å². The lowest BCUT2D eigenvalue weighted by atomic mass is 10.2. The van der Waals surface area contributed by atoms with E-state index >= 15 is 0 Å². The van der Waals surface area contributed by atoms with Crippen molar-refractivity contribution in [3.05, 3.63) is 47.1 Å². The summed E-state index contributed by atoms with van der Waals surface area (Å²) in [6.07, 6.45) is 1.61. The highest BCUT2D eigenvalue weighted by atomic mass is 35.5. The fraction of sp³-hybridized carbons (Fsp3) is 0.214. The minimum Gasteiger partial charge on any atom is -0.368 e. The van der Waals surface area contributed by atoms with Crippen molar-refractivity contribution >= 4 is 29.2 Å². The molecule has 0 atom stereocenters. The van der Waals surface area contributed by atoms with Crippen molar-refractivity contribution in [1.82, 2.24) is 15.1 Å². The summed E-state index contributed by atoms with van der Waals surface area (Å²) in [5.41, 5.74) is 6.03. The number of rotatable bonds is 7. The van der Waals surface area contributed by atoms with Crippen molar-refractivity contribution < 1.29 is 9.59 Å². The fourth-order valence-electron chi connectivity index (χ4n) is 1.74. The molecule has 0 spiro atoms. The van der Waals surface area contributed by atoms with E-state index in [0.717, 1.165) is 5.56 Å². The van der Waals surface area contributed by atoms with Gasteiger partial charge in [-0.3, -0.25) is 14.3 Å². The molecule has 2 amide bonds. The van der Waals surface area contributed by atoms with Gasteiger partial charge >= 0.3 is 0 Å². The number of amides is 2. The number of carbonyl (C=O) groups is 2. The number of aromatic nitrogens is 2. The predicted molar refractivity (Wildman–Crippen MR) is 83.2 cm³/mol. The molecule has 0 saturated heterocycles. The molecular weight excluding hydrogens is 306 g/mol. The molecule has 0 fully saturated rings. The first-order valence-electron chi connectivity index (χ1n) is 6.60. The van der Waals surface area contributed by atoms with Crippen LogP contribution in [0.3, 0.4) is 0 Å². The van der Waals surface area contributed by atoms with Crippen LogP contribution in [0, 0.1) is 0 Å². The number of primary amides is 1. The lowest BCUT2D eigenvalue weighted by molar-refractivity contribution is -0.120. The fourth-order valence-corrected chi connectivity index (χ4v) is 1.87. The van der Waals surface area contributed by atoms with Gasteiger partial charge in [0.15, 0.2) is 0 Å². The molecule has 2 aromatic rings. The molecule has 0 bridgehead atoms. The van der Waals surface area contributed by atoms with Gasteiger partial charge in [-0.15, -0.1) is 0 Å². The molecular formula is C14H16ClN5O2. The Balaban J connectivity index is 1.74. The second-order valence-corrected chi connectivity index (χ2v) is 5.06. The molecule has 4 N–H and O–H groups in total. The molecule has 0 unspecified atom stereocenters. The number of hydrogen-bond acceptors (Lipinski definition) is 4. The van der Waals surface area contributed by atoms with Crippen LogP contribution in [0.1, 0.15) is 5.56 Å². The second-order valence-electron chi connectivity index (χ2n) is 4.62. The Morgan fingerprint density at radius 3 is 2.64 bits per heavy atom. The van der Waals surface area contributed by atoms with Crippen molar-refractivity contribution in [2.75, 3.05) is 11.9 Å². The maximum absolute atomic E-state index is 11.7. The Kier molecular flexibility index (Phi) is 5.37. The van der Waals surface area contributed by atoms with Crippen molar-refractivity contribution in [2.45, 2.75) is 13.1 Å². The lowest BCUT2D eigenvalue weighted by Gasteiger charge is -2.06. The average molecular weight is 322 g/mol. The van der Waals surface area contributed by atoms with Gasteiger partial charge in [0.25, 0.3) is 0 Å². The van der Waals surface area contributed by atoms with E-state index in [9.17, 15) is 9.59 Å². The number of nitrogens with zero attached hydrogens (tertiary/aromatic N) is 2. The minimum absolute atomic E-state index is 0.00441. The molecule has 0 aliphatic rings. The second kappa shape index (κ2) is 7.46. The topological polar surface area (TPSA) is 102 Å². The Labute approximate surface area is 132 Å². The molecule has 0 aliphatic carbocycles. The third-order valence-corrected chi connectivity index (χ3v) is 3.04. The molecule has 0 aliphatic heterocycles. The number of anilines is 1. The van der Waals surface area contributed by atoms with E-state index in [4.69, 9.17) is 17.3 Å². The van der Waals surface area contributed by atoms with Crippen LogP contribution >= 0.6 is 11.6 Å². The number of benzene rings is 1. The number of nitrogens with one attached hydrogen (secondary N) is 2. The van der Waals surface area contributed by atoms with E-state index in [1.165, 1.54) is 4.68 Å². The van der Waals surface area contributed by atoms with E-state index in [-0.39, 0.29) is 19.0 Å². The molecule has 2 rings (SSSR count). The first kappa shape index (κ1) is 15.8. The Morgan fingerprint density at radius 2 is 1.95 bits per heavy atom. The van der Waals surface area contributed by atoms with E-state index in [1.807, 2.05) is 12.1 Å². The minimum atomic E-state index is -0.477. The number of halogens is 1. The van der Waals surface area contributed by atoms with Gasteiger partial charge < -0.3 is 16.4 Å². The number of hydrogen-bond donors (Lipinski definition) is 3.